The molecule has 1 atom stereocenters. The second-order valence-electron chi connectivity index (χ2n) is 6.67. The van der Waals surface area contributed by atoms with E-state index in [9.17, 15) is 14.0 Å². The Labute approximate surface area is 160 Å². The lowest BCUT2D eigenvalue weighted by atomic mass is 10.2. The number of nitrogens with zero attached hydrogens (tertiary/aromatic N) is 4. The summed E-state index contributed by atoms with van der Waals surface area (Å²) in [5, 5.41) is 13.4. The van der Waals surface area contributed by atoms with Gasteiger partial charge in [-0.05, 0) is 18.2 Å². The summed E-state index contributed by atoms with van der Waals surface area (Å²) < 4.78 is 15.1. The maximum absolute atomic E-state index is 13.6. The first-order chi connectivity index (χ1) is 12.9. The number of rotatable bonds is 5. The predicted octanol–water partition coefficient (Wildman–Crippen LogP) is 2.56. The Morgan fingerprint density at radius 2 is 2.19 bits per heavy atom. The number of carbonyl (C=O) groups excluding carboxylic acids is 1. The molecular formula is C18H21FN4O3S. The maximum Gasteiger partial charge on any atom is 0.305 e. The van der Waals surface area contributed by atoms with Crippen LogP contribution in [0.25, 0.3) is 5.69 Å². The van der Waals surface area contributed by atoms with E-state index in [1.807, 2.05) is 13.8 Å². The number of benzene rings is 1. The number of aromatic nitrogens is 3. The van der Waals surface area contributed by atoms with Crippen molar-refractivity contribution in [3.05, 3.63) is 41.7 Å². The third-order valence-corrected chi connectivity index (χ3v) is 5.38. The fourth-order valence-electron chi connectivity index (χ4n) is 3.01. The highest BCUT2D eigenvalue weighted by Crippen LogP contribution is 2.23. The Bertz CT molecular complexity index is 855. The van der Waals surface area contributed by atoms with Gasteiger partial charge in [0.2, 0.25) is 5.82 Å². The summed E-state index contributed by atoms with van der Waals surface area (Å²) in [6.45, 7) is 4.28. The van der Waals surface area contributed by atoms with Gasteiger partial charge in [-0.1, -0.05) is 19.9 Å². The molecule has 9 heteroatoms. The molecule has 2 aromatic rings. The number of halogens is 1. The van der Waals surface area contributed by atoms with E-state index in [0.717, 1.165) is 5.75 Å². The van der Waals surface area contributed by atoms with Crippen LogP contribution >= 0.6 is 11.8 Å². The molecule has 1 fully saturated rings. The van der Waals surface area contributed by atoms with E-state index in [1.54, 1.807) is 28.8 Å². The van der Waals surface area contributed by atoms with E-state index >= 15 is 0 Å². The van der Waals surface area contributed by atoms with Gasteiger partial charge in [-0.15, -0.1) is 5.10 Å². The quantitative estimate of drug-likeness (QED) is 0.841. The molecule has 1 aromatic heterocycles. The van der Waals surface area contributed by atoms with Crippen molar-refractivity contribution < 1.29 is 19.1 Å². The Morgan fingerprint density at radius 3 is 2.85 bits per heavy atom. The van der Waals surface area contributed by atoms with Crippen LogP contribution in [0.5, 0.6) is 0 Å². The van der Waals surface area contributed by atoms with E-state index in [2.05, 4.69) is 10.1 Å². The number of thioether (sulfide) groups is 1. The van der Waals surface area contributed by atoms with E-state index < -0.39 is 23.7 Å². The number of carboxylic acids is 1. The minimum atomic E-state index is -0.943. The SMILES string of the molecule is CC(C)c1nc(C(=O)N2CCSCC2CC(=O)O)nn1-c1cccc(F)c1. The highest BCUT2D eigenvalue weighted by Gasteiger charge is 2.32. The number of hydrogen-bond donors (Lipinski definition) is 1. The largest absolute Gasteiger partial charge is 0.481 e. The minimum absolute atomic E-state index is 0.00486. The molecule has 0 spiro atoms. The lowest BCUT2D eigenvalue weighted by Crippen LogP contribution is -2.47. The molecule has 1 aliphatic rings. The second kappa shape index (κ2) is 8.08. The second-order valence-corrected chi connectivity index (χ2v) is 7.81. The van der Waals surface area contributed by atoms with Gasteiger partial charge in [0.05, 0.1) is 18.2 Å². The minimum Gasteiger partial charge on any atom is -0.481 e. The molecule has 1 aliphatic heterocycles. The van der Waals surface area contributed by atoms with E-state index in [1.165, 1.54) is 16.8 Å². The zero-order chi connectivity index (χ0) is 19.6. The van der Waals surface area contributed by atoms with Crippen LogP contribution in [0.3, 0.4) is 0 Å². The molecule has 1 amide bonds. The fraction of sp³-hybridized carbons (Fsp3) is 0.444. The third kappa shape index (κ3) is 4.29. The number of carbonyl (C=O) groups is 2. The molecule has 0 bridgehead atoms. The van der Waals surface area contributed by atoms with Gasteiger partial charge in [0.15, 0.2) is 0 Å². The van der Waals surface area contributed by atoms with Gasteiger partial charge < -0.3 is 10.0 Å². The van der Waals surface area contributed by atoms with E-state index in [0.29, 0.717) is 23.8 Å². The van der Waals surface area contributed by atoms with Crippen LogP contribution < -0.4 is 0 Å². The Kier molecular flexibility index (Phi) is 5.79. The van der Waals surface area contributed by atoms with Crippen molar-refractivity contribution in [3.63, 3.8) is 0 Å². The first-order valence-corrected chi connectivity index (χ1v) is 9.85. The Morgan fingerprint density at radius 1 is 1.41 bits per heavy atom. The van der Waals surface area contributed by atoms with Gasteiger partial charge in [0.25, 0.3) is 5.91 Å². The van der Waals surface area contributed by atoms with Gasteiger partial charge >= 0.3 is 5.97 Å². The summed E-state index contributed by atoms with van der Waals surface area (Å²) in [6.07, 6.45) is -0.111. The number of aliphatic carboxylic acids is 1. The molecule has 7 nitrogen and oxygen atoms in total. The third-order valence-electron chi connectivity index (χ3n) is 4.29. The summed E-state index contributed by atoms with van der Waals surface area (Å²) in [6, 6.07) is 5.55. The highest BCUT2D eigenvalue weighted by atomic mass is 32.2. The summed E-state index contributed by atoms with van der Waals surface area (Å²) in [4.78, 5) is 30.0. The normalized spacial score (nSPS) is 17.3. The van der Waals surface area contributed by atoms with Crippen LogP contribution in [0.15, 0.2) is 24.3 Å². The standard InChI is InChI=1S/C18H21FN4O3S/c1-11(2)17-20-16(21-23(17)13-5-3-4-12(19)8-13)18(26)22-6-7-27-10-14(22)9-15(24)25/h3-5,8,11,14H,6-7,9-10H2,1-2H3,(H,24,25). The van der Waals surface area contributed by atoms with E-state index in [-0.39, 0.29) is 18.2 Å². The predicted molar refractivity (Wildman–Crippen MR) is 99.8 cm³/mol. The van der Waals surface area contributed by atoms with Crippen molar-refractivity contribution in [3.8, 4) is 5.69 Å². The first kappa shape index (κ1) is 19.3. The molecule has 1 N–H and O–H groups in total. The summed E-state index contributed by atoms with van der Waals surface area (Å²) >= 11 is 1.63. The number of hydrogen-bond acceptors (Lipinski definition) is 5. The van der Waals surface area contributed by atoms with Crippen LogP contribution in [-0.2, 0) is 4.79 Å². The Balaban J connectivity index is 1.95. The van der Waals surface area contributed by atoms with Crippen LogP contribution in [0.2, 0.25) is 0 Å². The highest BCUT2D eigenvalue weighted by molar-refractivity contribution is 7.99. The molecule has 3 rings (SSSR count). The molecule has 1 aromatic carbocycles. The lowest BCUT2D eigenvalue weighted by Gasteiger charge is -2.33. The van der Waals surface area contributed by atoms with Crippen molar-refractivity contribution in [2.45, 2.75) is 32.2 Å². The monoisotopic (exact) mass is 392 g/mol. The van der Waals surface area contributed by atoms with Gasteiger partial charge in [0.1, 0.15) is 11.6 Å². The summed E-state index contributed by atoms with van der Waals surface area (Å²) in [5.41, 5.74) is 0.488. The van der Waals surface area contributed by atoms with Crippen molar-refractivity contribution in [1.29, 1.82) is 0 Å². The maximum atomic E-state index is 13.6. The molecule has 0 radical (unpaired) electrons. The number of amides is 1. The zero-order valence-electron chi connectivity index (χ0n) is 15.1. The molecule has 27 heavy (non-hydrogen) atoms. The smallest absolute Gasteiger partial charge is 0.305 e. The van der Waals surface area contributed by atoms with Gasteiger partial charge in [0, 0.05) is 24.0 Å². The zero-order valence-corrected chi connectivity index (χ0v) is 15.9. The number of carboxylic acid groups (broad SMARTS) is 1. The molecular weight excluding hydrogens is 371 g/mol. The molecule has 0 saturated carbocycles. The molecule has 1 saturated heterocycles. The topological polar surface area (TPSA) is 88.3 Å². The lowest BCUT2D eigenvalue weighted by molar-refractivity contribution is -0.138. The average Bonchev–Trinajstić information content (AvgIpc) is 3.07. The molecule has 144 valence electrons. The average molecular weight is 392 g/mol. The fourth-order valence-corrected chi connectivity index (χ4v) is 4.07. The first-order valence-electron chi connectivity index (χ1n) is 8.70. The molecule has 0 aliphatic carbocycles. The summed E-state index contributed by atoms with van der Waals surface area (Å²) in [7, 11) is 0. The van der Waals surface area contributed by atoms with Crippen LogP contribution in [0.1, 0.15) is 42.6 Å². The molecule has 2 heterocycles. The van der Waals surface area contributed by atoms with Crippen LogP contribution in [0.4, 0.5) is 4.39 Å². The van der Waals surface area contributed by atoms with Gasteiger partial charge in [-0.2, -0.15) is 11.8 Å². The van der Waals surface area contributed by atoms with Crippen molar-refractivity contribution >= 4 is 23.6 Å². The van der Waals surface area contributed by atoms with Crippen molar-refractivity contribution in [2.75, 3.05) is 18.1 Å². The van der Waals surface area contributed by atoms with E-state index in [4.69, 9.17) is 5.11 Å². The van der Waals surface area contributed by atoms with Gasteiger partial charge in [-0.3, -0.25) is 9.59 Å². The van der Waals surface area contributed by atoms with Crippen LogP contribution in [-0.4, -0.2) is 60.7 Å². The van der Waals surface area contributed by atoms with Crippen LogP contribution in [0, 0.1) is 5.82 Å². The Hall–Kier alpha value is -2.42. The van der Waals surface area contributed by atoms with Gasteiger partial charge in [-0.25, -0.2) is 14.1 Å². The van der Waals surface area contributed by atoms with Crippen molar-refractivity contribution in [1.82, 2.24) is 19.7 Å². The summed E-state index contributed by atoms with van der Waals surface area (Å²) in [5.74, 6) is 0.0907. The van der Waals surface area contributed by atoms with Crippen molar-refractivity contribution in [2.24, 2.45) is 0 Å². The molecule has 1 unspecified atom stereocenters.